The first-order valence-corrected chi connectivity index (χ1v) is 3.15. The Morgan fingerprint density at radius 3 is 3.12 bits per heavy atom. The molecule has 0 spiro atoms. The Morgan fingerprint density at radius 2 is 2.62 bits per heavy atom. The smallest absolute Gasteiger partial charge is 0.0856 e. The van der Waals surface area contributed by atoms with Crippen LogP contribution in [0, 0.1) is 0 Å². The third-order valence-corrected chi connectivity index (χ3v) is 1.25. The minimum atomic E-state index is 0.111. The fraction of sp³-hybridized carbons (Fsp3) is 0. The normalized spacial score (nSPS) is 11.0. The van der Waals surface area contributed by atoms with E-state index in [2.05, 4.69) is 20.9 Å². The third kappa shape index (κ3) is 1.46. The molecule has 0 aliphatic rings. The van der Waals surface area contributed by atoms with E-state index in [0.29, 0.717) is 5.02 Å². The average molecular weight is 193 g/mol. The molecular weight excluding hydrogens is 189 g/mol. The molecule has 0 unspecified atom stereocenters. The zero-order valence-corrected chi connectivity index (χ0v) is 6.20. The van der Waals surface area contributed by atoms with Gasteiger partial charge in [0.2, 0.25) is 0 Å². The maximum absolute atomic E-state index is 7.05. The topological polar surface area (TPSA) is 12.9 Å². The number of pyridine rings is 1. The summed E-state index contributed by atoms with van der Waals surface area (Å²) in [6.45, 7) is 0. The Morgan fingerprint density at radius 1 is 1.88 bits per heavy atom. The number of aromatic nitrogens is 1. The van der Waals surface area contributed by atoms with Gasteiger partial charge in [0.15, 0.2) is 0 Å². The molecule has 0 amide bonds. The fourth-order valence-electron chi connectivity index (χ4n) is 0.346. The first-order valence-electron chi connectivity index (χ1n) is 2.48. The molecule has 0 fully saturated rings. The molecule has 8 heavy (non-hydrogen) atoms. The summed E-state index contributed by atoms with van der Waals surface area (Å²) in [6, 6.07) is 1.64. The molecule has 3 heteroatoms. The Balaban J connectivity index is 3.17. The van der Waals surface area contributed by atoms with Gasteiger partial charge in [0.1, 0.15) is 0 Å². The Labute approximate surface area is 62.2 Å². The van der Waals surface area contributed by atoms with Gasteiger partial charge in [-0.05, 0) is 22.0 Å². The highest BCUT2D eigenvalue weighted by molar-refractivity contribution is 9.10. The van der Waals surface area contributed by atoms with Gasteiger partial charge in [-0.15, -0.1) is 0 Å². The maximum atomic E-state index is 7.05. The van der Waals surface area contributed by atoms with Crippen molar-refractivity contribution < 1.29 is 1.37 Å². The molecule has 0 aromatic carbocycles. The van der Waals surface area contributed by atoms with Crippen LogP contribution in [-0.2, 0) is 0 Å². The van der Waals surface area contributed by atoms with Crippen molar-refractivity contribution in [3.8, 4) is 0 Å². The van der Waals surface area contributed by atoms with E-state index in [0.717, 1.165) is 4.47 Å². The zero-order chi connectivity index (χ0) is 6.85. The summed E-state index contributed by atoms with van der Waals surface area (Å²) in [5.74, 6) is 0. The first kappa shape index (κ1) is 4.77. The molecular formula is C5H3BrClN. The molecule has 0 N–H and O–H groups in total. The number of hydrogen-bond acceptors (Lipinski definition) is 1. The number of halogens is 2. The van der Waals surface area contributed by atoms with Crippen molar-refractivity contribution >= 4 is 27.5 Å². The summed E-state index contributed by atoms with van der Waals surface area (Å²) in [5, 5.41) is 0.365. The van der Waals surface area contributed by atoms with Crippen molar-refractivity contribution in [1.29, 1.82) is 0 Å². The van der Waals surface area contributed by atoms with E-state index >= 15 is 0 Å². The quantitative estimate of drug-likeness (QED) is 0.617. The summed E-state index contributed by atoms with van der Waals surface area (Å²) in [4.78, 5) is 3.67. The van der Waals surface area contributed by atoms with Crippen molar-refractivity contribution in [1.82, 2.24) is 4.98 Å². The van der Waals surface area contributed by atoms with Crippen molar-refractivity contribution in [2.24, 2.45) is 0 Å². The van der Waals surface area contributed by atoms with E-state index in [4.69, 9.17) is 13.0 Å². The van der Waals surface area contributed by atoms with Gasteiger partial charge in [-0.25, -0.2) is 0 Å². The molecule has 0 radical (unpaired) electrons. The van der Waals surface area contributed by atoms with Gasteiger partial charge < -0.3 is 0 Å². The predicted octanol–water partition coefficient (Wildman–Crippen LogP) is 2.50. The summed E-state index contributed by atoms with van der Waals surface area (Å²) < 4.78 is 7.85. The summed E-state index contributed by atoms with van der Waals surface area (Å²) in [5.41, 5.74) is 0. The molecule has 0 atom stereocenters. The summed E-state index contributed by atoms with van der Waals surface area (Å²) >= 11 is 8.70. The number of rotatable bonds is 0. The van der Waals surface area contributed by atoms with Gasteiger partial charge in [-0.1, -0.05) is 11.6 Å². The highest BCUT2D eigenvalue weighted by atomic mass is 79.9. The lowest BCUT2D eigenvalue weighted by Crippen LogP contribution is -1.68. The second kappa shape index (κ2) is 2.46. The molecule has 0 saturated heterocycles. The largest absolute Gasteiger partial charge is 0.262 e. The zero-order valence-electron chi connectivity index (χ0n) is 4.86. The van der Waals surface area contributed by atoms with E-state index in [1.807, 2.05) is 0 Å². The molecule has 1 rings (SSSR count). The molecule has 1 heterocycles. The maximum Gasteiger partial charge on any atom is 0.0856 e. The van der Waals surface area contributed by atoms with Crippen molar-refractivity contribution in [2.75, 3.05) is 0 Å². The van der Waals surface area contributed by atoms with Gasteiger partial charge in [-0.3, -0.25) is 4.98 Å². The van der Waals surface area contributed by atoms with E-state index < -0.39 is 0 Å². The highest BCUT2D eigenvalue weighted by Crippen LogP contribution is 2.12. The minimum Gasteiger partial charge on any atom is -0.262 e. The van der Waals surface area contributed by atoms with Crippen LogP contribution < -0.4 is 0 Å². The van der Waals surface area contributed by atoms with Crippen molar-refractivity contribution in [3.05, 3.63) is 27.9 Å². The van der Waals surface area contributed by atoms with E-state index in [1.54, 1.807) is 6.07 Å². The van der Waals surface area contributed by atoms with Crippen molar-refractivity contribution in [2.45, 2.75) is 0 Å². The van der Waals surface area contributed by atoms with E-state index in [1.165, 1.54) is 6.20 Å². The lowest BCUT2D eigenvalue weighted by Gasteiger charge is -1.86. The van der Waals surface area contributed by atoms with E-state index in [9.17, 15) is 0 Å². The van der Waals surface area contributed by atoms with Crippen molar-refractivity contribution in [3.63, 3.8) is 0 Å². The standard InChI is InChI=1S/C5H3BrClN/c6-4-1-5(7)3-8-2-4/h1-3H/i3D. The first-order chi connectivity index (χ1) is 4.20. The molecule has 0 aliphatic heterocycles. The molecule has 0 bridgehead atoms. The Hall–Kier alpha value is -0.0800. The molecule has 42 valence electrons. The van der Waals surface area contributed by atoms with Crippen LogP contribution in [0.2, 0.25) is 5.02 Å². The van der Waals surface area contributed by atoms with Crippen LogP contribution in [0.4, 0.5) is 0 Å². The molecule has 1 nitrogen and oxygen atoms in total. The third-order valence-electron chi connectivity index (χ3n) is 0.624. The predicted molar refractivity (Wildman–Crippen MR) is 36.9 cm³/mol. The van der Waals surface area contributed by atoms with Gasteiger partial charge in [0, 0.05) is 16.8 Å². The highest BCUT2D eigenvalue weighted by Gasteiger charge is 1.85. The molecule has 1 aromatic heterocycles. The van der Waals surface area contributed by atoms with E-state index in [-0.39, 0.29) is 6.17 Å². The second-order valence-corrected chi connectivity index (χ2v) is 2.57. The molecule has 1 aromatic rings. The Kier molecular flexibility index (Phi) is 1.47. The monoisotopic (exact) mass is 192 g/mol. The second-order valence-electron chi connectivity index (χ2n) is 1.25. The van der Waals surface area contributed by atoms with Crippen LogP contribution in [0.15, 0.2) is 22.9 Å². The minimum absolute atomic E-state index is 0.111. The van der Waals surface area contributed by atoms with Crippen LogP contribution in [0.5, 0.6) is 0 Å². The van der Waals surface area contributed by atoms with Gasteiger partial charge in [-0.2, -0.15) is 0 Å². The average Bonchev–Trinajstić information content (AvgIpc) is 1.80. The number of nitrogens with zero attached hydrogens (tertiary/aromatic N) is 1. The van der Waals surface area contributed by atoms with Gasteiger partial charge in [0.25, 0.3) is 0 Å². The van der Waals surface area contributed by atoms with Gasteiger partial charge >= 0.3 is 0 Å². The van der Waals surface area contributed by atoms with Gasteiger partial charge in [0.05, 0.1) is 6.39 Å². The Bertz CT molecular complexity index is 228. The van der Waals surface area contributed by atoms with Crippen LogP contribution >= 0.6 is 27.5 Å². The molecule has 0 aliphatic carbocycles. The van der Waals surface area contributed by atoms with Crippen LogP contribution in [0.25, 0.3) is 0 Å². The van der Waals surface area contributed by atoms with Crippen LogP contribution in [0.1, 0.15) is 1.37 Å². The SMILES string of the molecule is [2H]c1ncc(Br)cc1Cl. The summed E-state index contributed by atoms with van der Waals surface area (Å²) in [7, 11) is 0. The van der Waals surface area contributed by atoms with Crippen LogP contribution in [-0.4, -0.2) is 4.98 Å². The lowest BCUT2D eigenvalue weighted by atomic mass is 10.5. The fourth-order valence-corrected chi connectivity index (χ4v) is 0.976. The lowest BCUT2D eigenvalue weighted by molar-refractivity contribution is 1.31. The van der Waals surface area contributed by atoms with Crippen LogP contribution in [0.3, 0.4) is 0 Å². The summed E-state index contributed by atoms with van der Waals surface area (Å²) in [6.07, 6.45) is 1.65. The number of hydrogen-bond donors (Lipinski definition) is 0. The molecule has 0 saturated carbocycles.